The van der Waals surface area contributed by atoms with Crippen molar-refractivity contribution in [3.05, 3.63) is 71.7 Å². The van der Waals surface area contributed by atoms with E-state index in [0.29, 0.717) is 22.1 Å². The van der Waals surface area contributed by atoms with Gasteiger partial charge in [-0.15, -0.1) is 11.3 Å². The second-order valence-electron chi connectivity index (χ2n) is 5.56. The molecule has 2 aromatic heterocycles. The Morgan fingerprint density at radius 1 is 1.12 bits per heavy atom. The number of carbonyl (C=O) groups excluding carboxylic acids is 1. The second-order valence-corrected chi connectivity index (χ2v) is 6.46. The first-order valence-corrected chi connectivity index (χ1v) is 8.88. The van der Waals surface area contributed by atoms with Crippen LogP contribution in [-0.4, -0.2) is 23.0 Å². The molecule has 0 aliphatic heterocycles. The van der Waals surface area contributed by atoms with Crippen molar-refractivity contribution in [2.45, 2.75) is 0 Å². The van der Waals surface area contributed by atoms with Crippen LogP contribution < -0.4 is 10.1 Å². The number of anilines is 1. The van der Waals surface area contributed by atoms with Gasteiger partial charge in [-0.1, -0.05) is 30.3 Å². The van der Waals surface area contributed by atoms with Crippen molar-refractivity contribution in [3.63, 3.8) is 0 Å². The van der Waals surface area contributed by atoms with E-state index < -0.39 is 0 Å². The number of para-hydroxylation sites is 2. The summed E-state index contributed by atoms with van der Waals surface area (Å²) >= 11 is 1.38. The summed E-state index contributed by atoms with van der Waals surface area (Å²) in [6.45, 7) is 0. The third-order valence-electron chi connectivity index (χ3n) is 4.00. The van der Waals surface area contributed by atoms with Gasteiger partial charge in [-0.25, -0.2) is 9.97 Å². The lowest BCUT2D eigenvalue weighted by Gasteiger charge is -2.12. The van der Waals surface area contributed by atoms with Gasteiger partial charge in [0.15, 0.2) is 5.13 Å². The summed E-state index contributed by atoms with van der Waals surface area (Å²) in [6.07, 6.45) is 1.66. The number of pyridine rings is 1. The molecule has 0 saturated heterocycles. The van der Waals surface area contributed by atoms with Crippen LogP contribution >= 0.6 is 11.3 Å². The third kappa shape index (κ3) is 3.02. The second kappa shape index (κ2) is 6.93. The Morgan fingerprint density at radius 2 is 1.92 bits per heavy atom. The Balaban J connectivity index is 1.87. The van der Waals surface area contributed by atoms with Crippen molar-refractivity contribution in [2.75, 3.05) is 12.4 Å². The topological polar surface area (TPSA) is 64.1 Å². The lowest BCUT2D eigenvalue weighted by atomic mass is 10.0. The maximum absolute atomic E-state index is 12.9. The minimum atomic E-state index is -0.213. The molecule has 128 valence electrons. The zero-order valence-electron chi connectivity index (χ0n) is 14.0. The van der Waals surface area contributed by atoms with Crippen LogP contribution in [0.15, 0.2) is 66.2 Å². The Bertz CT molecular complexity index is 1080. The molecule has 0 aliphatic rings. The average Bonchev–Trinajstić information content (AvgIpc) is 3.20. The molecule has 0 spiro atoms. The van der Waals surface area contributed by atoms with Crippen LogP contribution in [-0.2, 0) is 0 Å². The van der Waals surface area contributed by atoms with Crippen molar-refractivity contribution in [2.24, 2.45) is 0 Å². The maximum Gasteiger partial charge on any atom is 0.258 e. The van der Waals surface area contributed by atoms with Gasteiger partial charge in [0.1, 0.15) is 5.75 Å². The lowest BCUT2D eigenvalue weighted by Crippen LogP contribution is -2.13. The minimum Gasteiger partial charge on any atom is -0.496 e. The molecule has 26 heavy (non-hydrogen) atoms. The molecule has 0 aliphatic carbocycles. The van der Waals surface area contributed by atoms with Crippen LogP contribution in [0.1, 0.15) is 10.4 Å². The van der Waals surface area contributed by atoms with E-state index in [4.69, 9.17) is 9.72 Å². The zero-order valence-corrected chi connectivity index (χ0v) is 14.8. The summed E-state index contributed by atoms with van der Waals surface area (Å²) in [6, 6.07) is 17.0. The van der Waals surface area contributed by atoms with Crippen LogP contribution in [0.4, 0.5) is 5.13 Å². The van der Waals surface area contributed by atoms with E-state index in [-0.39, 0.29) is 5.91 Å². The van der Waals surface area contributed by atoms with Gasteiger partial charge in [-0.3, -0.25) is 10.1 Å². The van der Waals surface area contributed by atoms with E-state index in [1.165, 1.54) is 11.3 Å². The SMILES string of the molecule is COc1ccccc1-c1cc(C(=O)Nc2nccs2)c2ccccc2n1. The number of benzene rings is 2. The molecule has 0 bridgehead atoms. The number of ether oxygens (including phenoxy) is 1. The molecular weight excluding hydrogens is 346 g/mol. The van der Waals surface area contributed by atoms with Gasteiger partial charge < -0.3 is 4.74 Å². The standard InChI is InChI=1S/C20H15N3O2S/c1-25-18-9-5-3-7-14(18)17-12-15(13-6-2-4-8-16(13)22-17)19(24)23-20-21-10-11-26-20/h2-12H,1H3,(H,21,23,24). The summed E-state index contributed by atoms with van der Waals surface area (Å²) in [5, 5.41) is 6.02. The number of hydrogen-bond acceptors (Lipinski definition) is 5. The van der Waals surface area contributed by atoms with Gasteiger partial charge in [-0.05, 0) is 24.3 Å². The number of thiazole rings is 1. The quantitative estimate of drug-likeness (QED) is 0.576. The van der Waals surface area contributed by atoms with E-state index in [0.717, 1.165) is 16.5 Å². The zero-order chi connectivity index (χ0) is 17.9. The molecule has 0 radical (unpaired) electrons. The third-order valence-corrected chi connectivity index (χ3v) is 4.69. The first-order chi connectivity index (χ1) is 12.8. The van der Waals surface area contributed by atoms with Crippen LogP contribution in [0.3, 0.4) is 0 Å². The van der Waals surface area contributed by atoms with Crippen molar-refractivity contribution in [1.82, 2.24) is 9.97 Å². The molecule has 0 unspecified atom stereocenters. The Hall–Kier alpha value is -3.25. The number of nitrogens with zero attached hydrogens (tertiary/aromatic N) is 2. The van der Waals surface area contributed by atoms with Crippen LogP contribution in [0.25, 0.3) is 22.2 Å². The fraction of sp³-hybridized carbons (Fsp3) is 0.0500. The Morgan fingerprint density at radius 3 is 2.73 bits per heavy atom. The van der Waals surface area contributed by atoms with E-state index in [1.807, 2.05) is 53.9 Å². The number of fused-ring (bicyclic) bond motifs is 1. The van der Waals surface area contributed by atoms with Gasteiger partial charge >= 0.3 is 0 Å². The van der Waals surface area contributed by atoms with Gasteiger partial charge in [0.25, 0.3) is 5.91 Å². The number of nitrogens with one attached hydrogen (secondary N) is 1. The van der Waals surface area contributed by atoms with Crippen molar-refractivity contribution in [1.29, 1.82) is 0 Å². The number of hydrogen-bond donors (Lipinski definition) is 1. The minimum absolute atomic E-state index is 0.213. The summed E-state index contributed by atoms with van der Waals surface area (Å²) < 4.78 is 5.45. The molecule has 4 rings (SSSR count). The molecule has 0 saturated carbocycles. The Kier molecular flexibility index (Phi) is 4.33. The predicted octanol–water partition coefficient (Wildman–Crippen LogP) is 4.62. The highest BCUT2D eigenvalue weighted by atomic mass is 32.1. The van der Waals surface area contributed by atoms with Crippen LogP contribution in [0.5, 0.6) is 5.75 Å². The van der Waals surface area contributed by atoms with Crippen LogP contribution in [0, 0.1) is 0 Å². The lowest BCUT2D eigenvalue weighted by molar-refractivity contribution is 0.102. The fourth-order valence-electron chi connectivity index (χ4n) is 2.81. The monoisotopic (exact) mass is 361 g/mol. The predicted molar refractivity (Wildman–Crippen MR) is 104 cm³/mol. The van der Waals surface area contributed by atoms with Crippen LogP contribution in [0.2, 0.25) is 0 Å². The Labute approximate surface area is 154 Å². The van der Waals surface area contributed by atoms with Crippen molar-refractivity contribution in [3.8, 4) is 17.0 Å². The average molecular weight is 361 g/mol. The van der Waals surface area contributed by atoms with Gasteiger partial charge in [0, 0.05) is 22.5 Å². The molecule has 2 aromatic carbocycles. The number of amides is 1. The number of methoxy groups -OCH3 is 1. The number of aromatic nitrogens is 2. The van der Waals surface area contributed by atoms with Gasteiger partial charge in [-0.2, -0.15) is 0 Å². The summed E-state index contributed by atoms with van der Waals surface area (Å²) in [4.78, 5) is 21.7. The highest BCUT2D eigenvalue weighted by Gasteiger charge is 2.16. The highest BCUT2D eigenvalue weighted by molar-refractivity contribution is 7.13. The smallest absolute Gasteiger partial charge is 0.258 e. The fourth-order valence-corrected chi connectivity index (χ4v) is 3.33. The molecule has 5 nitrogen and oxygen atoms in total. The first kappa shape index (κ1) is 16.2. The number of rotatable bonds is 4. The summed E-state index contributed by atoms with van der Waals surface area (Å²) in [5.74, 6) is 0.497. The molecule has 2 heterocycles. The van der Waals surface area contributed by atoms with E-state index >= 15 is 0 Å². The van der Waals surface area contributed by atoms with E-state index in [2.05, 4.69) is 10.3 Å². The molecule has 1 amide bonds. The summed E-state index contributed by atoms with van der Waals surface area (Å²) in [5.41, 5.74) is 2.82. The molecule has 4 aromatic rings. The maximum atomic E-state index is 12.9. The molecule has 0 fully saturated rings. The molecular formula is C20H15N3O2S. The molecule has 6 heteroatoms. The van der Waals surface area contributed by atoms with Crippen molar-refractivity contribution < 1.29 is 9.53 Å². The van der Waals surface area contributed by atoms with E-state index in [9.17, 15) is 4.79 Å². The van der Waals surface area contributed by atoms with E-state index in [1.54, 1.807) is 19.4 Å². The number of carbonyl (C=O) groups is 1. The largest absolute Gasteiger partial charge is 0.496 e. The highest BCUT2D eigenvalue weighted by Crippen LogP contribution is 2.31. The summed E-state index contributed by atoms with van der Waals surface area (Å²) in [7, 11) is 1.62. The molecule has 0 atom stereocenters. The van der Waals surface area contributed by atoms with Crippen molar-refractivity contribution >= 4 is 33.3 Å². The van der Waals surface area contributed by atoms with Gasteiger partial charge in [0.2, 0.25) is 0 Å². The van der Waals surface area contributed by atoms with Gasteiger partial charge in [0.05, 0.1) is 23.9 Å². The molecule has 1 N–H and O–H groups in total. The normalized spacial score (nSPS) is 10.7. The first-order valence-electron chi connectivity index (χ1n) is 8.00.